The van der Waals surface area contributed by atoms with Crippen LogP contribution in [-0.2, 0) is 30.3 Å². The van der Waals surface area contributed by atoms with Crippen LogP contribution in [0.5, 0.6) is 0 Å². The average Bonchev–Trinajstić information content (AvgIpc) is 3.37. The lowest BCUT2D eigenvalue weighted by Gasteiger charge is -2.68. The number of allylic oxidation sites excluding steroid dienone is 1. The molecule has 5 saturated carbocycles. The minimum Gasteiger partial charge on any atom is -0.481 e. The lowest BCUT2D eigenvalue weighted by Crippen LogP contribution is -2.64. The highest BCUT2D eigenvalue weighted by Gasteiger charge is 2.67. The summed E-state index contributed by atoms with van der Waals surface area (Å²) in [4.78, 5) is 53.3. The first kappa shape index (κ1) is 39.6. The van der Waals surface area contributed by atoms with E-state index in [9.17, 15) is 24.3 Å². The Bertz CT molecular complexity index is 1740. The summed E-state index contributed by atoms with van der Waals surface area (Å²) in [5.41, 5.74) is 2.01. The number of carbonyl (C=O) groups excluding carboxylic acids is 3. The van der Waals surface area contributed by atoms with E-state index in [1.54, 1.807) is 0 Å². The van der Waals surface area contributed by atoms with Crippen LogP contribution in [0.15, 0.2) is 35.4 Å². The molecule has 0 spiro atoms. The van der Waals surface area contributed by atoms with Crippen molar-refractivity contribution < 1.29 is 29.0 Å². The fourth-order valence-corrected chi connectivity index (χ4v) is 14.0. The number of carboxylic acids is 1. The van der Waals surface area contributed by atoms with E-state index >= 15 is 0 Å². The van der Waals surface area contributed by atoms with Gasteiger partial charge in [0, 0.05) is 22.3 Å². The molecular formula is C46H64ClNO6. The molecule has 1 aromatic carbocycles. The zero-order chi connectivity index (χ0) is 39.3. The first-order valence-corrected chi connectivity index (χ1v) is 21.3. The Morgan fingerprint density at radius 1 is 0.926 bits per heavy atom. The third-order valence-electron chi connectivity index (χ3n) is 16.7. The van der Waals surface area contributed by atoms with Crippen LogP contribution in [0.25, 0.3) is 0 Å². The predicted molar refractivity (Wildman–Crippen MR) is 210 cm³/mol. The topological polar surface area (TPSA) is 110 Å². The number of ketones is 1. The Labute approximate surface area is 328 Å². The molecule has 5 fully saturated rings. The summed E-state index contributed by atoms with van der Waals surface area (Å²) in [6.45, 7) is 19.9. The number of Topliss-reactive ketones (excluding diaryl/α,β-unsaturated/α-hetero) is 1. The Kier molecular flexibility index (Phi) is 9.87. The van der Waals surface area contributed by atoms with Crippen LogP contribution in [0.2, 0.25) is 5.02 Å². The number of aliphatic carboxylic acids is 1. The molecule has 7 rings (SSSR count). The first-order chi connectivity index (χ1) is 25.2. The zero-order valence-electron chi connectivity index (χ0n) is 34.2. The molecular weight excluding hydrogens is 698 g/mol. The van der Waals surface area contributed by atoms with Gasteiger partial charge in [0.05, 0.1) is 17.4 Å². The van der Waals surface area contributed by atoms with Gasteiger partial charge in [0.1, 0.15) is 6.10 Å². The van der Waals surface area contributed by atoms with Crippen LogP contribution in [0.3, 0.4) is 0 Å². The summed E-state index contributed by atoms with van der Waals surface area (Å²) in [6, 6.07) is 7.73. The van der Waals surface area contributed by atoms with Gasteiger partial charge in [0.15, 0.2) is 5.78 Å². The second kappa shape index (κ2) is 13.5. The largest absolute Gasteiger partial charge is 0.481 e. The number of hydrogen-bond donors (Lipinski definition) is 2. The molecule has 0 saturated heterocycles. The third kappa shape index (κ3) is 6.11. The standard InChI is InChI=1S/C46H64ClNO6/c1-25(2)37-33(49)24-46(48-41(53)42(4,5)23-27-10-12-28(47)13-11-27)21-16-32-29(38(37)46)14-15-35-44(32,8)19-17-34-43(6,7)36(18-20-45(34,35)9)54-40(52)31-22-30(26(31)3)39(50)51/h10-13,25-26,29-32,34-36H,14-24H2,1-9H3,(H,48,53)(H,50,51). The summed E-state index contributed by atoms with van der Waals surface area (Å²) < 4.78 is 6.34. The van der Waals surface area contributed by atoms with Crippen LogP contribution in [0.4, 0.5) is 0 Å². The van der Waals surface area contributed by atoms with Crippen molar-refractivity contribution in [2.24, 2.45) is 69.0 Å². The Morgan fingerprint density at radius 3 is 2.22 bits per heavy atom. The number of fused-ring (bicyclic) bond motifs is 7. The van der Waals surface area contributed by atoms with Gasteiger partial charge in [-0.15, -0.1) is 0 Å². The number of halogens is 1. The maximum absolute atomic E-state index is 14.3. The molecule has 0 aromatic heterocycles. The van der Waals surface area contributed by atoms with E-state index in [1.807, 2.05) is 45.0 Å². The van der Waals surface area contributed by atoms with Gasteiger partial charge in [0.25, 0.3) is 0 Å². The van der Waals surface area contributed by atoms with Gasteiger partial charge in [0.2, 0.25) is 5.91 Å². The second-order valence-electron chi connectivity index (χ2n) is 20.7. The Balaban J connectivity index is 1.12. The van der Waals surface area contributed by atoms with Crippen LogP contribution in [0, 0.1) is 69.0 Å². The second-order valence-corrected chi connectivity index (χ2v) is 21.2. The summed E-state index contributed by atoms with van der Waals surface area (Å²) in [5, 5.41) is 13.8. The lowest BCUT2D eigenvalue weighted by atomic mass is 9.37. The van der Waals surface area contributed by atoms with Crippen molar-refractivity contribution in [3.05, 3.63) is 46.0 Å². The van der Waals surface area contributed by atoms with E-state index < -0.39 is 22.8 Å². The third-order valence-corrected chi connectivity index (χ3v) is 17.0. The summed E-state index contributed by atoms with van der Waals surface area (Å²) in [6.07, 6.45) is 9.09. The first-order valence-electron chi connectivity index (χ1n) is 20.9. The summed E-state index contributed by atoms with van der Waals surface area (Å²) in [7, 11) is 0. The van der Waals surface area contributed by atoms with E-state index in [1.165, 1.54) is 5.57 Å². The number of amides is 1. The highest BCUT2D eigenvalue weighted by atomic mass is 35.5. The van der Waals surface area contributed by atoms with Gasteiger partial charge in [-0.3, -0.25) is 19.2 Å². The van der Waals surface area contributed by atoms with E-state index in [-0.39, 0.29) is 63.7 Å². The maximum Gasteiger partial charge on any atom is 0.309 e. The van der Waals surface area contributed by atoms with Crippen LogP contribution in [-0.4, -0.2) is 40.4 Å². The monoisotopic (exact) mass is 761 g/mol. The van der Waals surface area contributed by atoms with Crippen molar-refractivity contribution in [3.63, 3.8) is 0 Å². The Morgan fingerprint density at radius 2 is 1.59 bits per heavy atom. The molecule has 2 N–H and O–H groups in total. The van der Waals surface area contributed by atoms with Gasteiger partial charge in [-0.1, -0.05) is 86.0 Å². The van der Waals surface area contributed by atoms with Gasteiger partial charge in [-0.05, 0) is 139 Å². The SMILES string of the molecule is CC(C)C1=C2C3CCC4C(C)(CCC5C(C)(C)C(OC(=O)C6CC(C(=O)O)C6C)CCC54C)C3CCC2(NC(=O)C(C)(C)Cc2ccc(Cl)cc2)CC1=O. The maximum atomic E-state index is 14.3. The number of rotatable bonds is 8. The zero-order valence-corrected chi connectivity index (χ0v) is 34.9. The number of carbonyl (C=O) groups is 4. The van der Waals surface area contributed by atoms with Gasteiger partial charge in [-0.2, -0.15) is 0 Å². The van der Waals surface area contributed by atoms with Crippen LogP contribution < -0.4 is 5.32 Å². The van der Waals surface area contributed by atoms with Crippen LogP contribution in [0.1, 0.15) is 132 Å². The van der Waals surface area contributed by atoms with Crippen molar-refractivity contribution in [1.82, 2.24) is 5.32 Å². The fourth-order valence-electron chi connectivity index (χ4n) is 13.9. The number of nitrogens with one attached hydrogen (secondary N) is 1. The number of ether oxygens (including phenoxy) is 1. The van der Waals surface area contributed by atoms with E-state index in [0.717, 1.165) is 62.5 Å². The molecule has 0 aliphatic heterocycles. The van der Waals surface area contributed by atoms with Crippen molar-refractivity contribution in [2.45, 2.75) is 145 Å². The van der Waals surface area contributed by atoms with Gasteiger partial charge >= 0.3 is 11.9 Å². The molecule has 6 aliphatic rings. The minimum absolute atomic E-state index is 0.00674. The Hall–Kier alpha value is -2.67. The molecule has 0 bridgehead atoms. The smallest absolute Gasteiger partial charge is 0.309 e. The summed E-state index contributed by atoms with van der Waals surface area (Å²) in [5.74, 6) is -0.0614. The highest BCUT2D eigenvalue weighted by Crippen LogP contribution is 2.72. The fraction of sp³-hybridized carbons (Fsp3) is 0.739. The molecule has 1 amide bonds. The molecule has 8 heteroatoms. The van der Waals surface area contributed by atoms with Crippen molar-refractivity contribution in [3.8, 4) is 0 Å². The normalized spacial score (nSPS) is 39.8. The number of hydrogen-bond acceptors (Lipinski definition) is 5. The predicted octanol–water partition coefficient (Wildman–Crippen LogP) is 9.64. The molecule has 0 radical (unpaired) electrons. The van der Waals surface area contributed by atoms with E-state index in [2.05, 4.69) is 46.9 Å². The molecule has 1 aromatic rings. The number of benzene rings is 1. The molecule has 54 heavy (non-hydrogen) atoms. The molecule has 11 atom stereocenters. The molecule has 7 nitrogen and oxygen atoms in total. The summed E-state index contributed by atoms with van der Waals surface area (Å²) >= 11 is 6.16. The van der Waals surface area contributed by atoms with Crippen molar-refractivity contribution >= 4 is 35.2 Å². The van der Waals surface area contributed by atoms with Crippen LogP contribution >= 0.6 is 11.6 Å². The lowest BCUT2D eigenvalue weighted by molar-refractivity contribution is -0.216. The quantitative estimate of drug-likeness (QED) is 0.256. The van der Waals surface area contributed by atoms with Gasteiger partial charge in [-0.25, -0.2) is 0 Å². The highest BCUT2D eigenvalue weighted by molar-refractivity contribution is 6.30. The average molecular weight is 762 g/mol. The van der Waals surface area contributed by atoms with E-state index in [0.29, 0.717) is 42.0 Å². The molecule has 0 heterocycles. The molecule has 6 aliphatic carbocycles. The van der Waals surface area contributed by atoms with Crippen molar-refractivity contribution in [1.29, 1.82) is 0 Å². The van der Waals surface area contributed by atoms with Gasteiger partial charge < -0.3 is 15.2 Å². The van der Waals surface area contributed by atoms with E-state index in [4.69, 9.17) is 16.3 Å². The minimum atomic E-state index is -0.820. The number of carboxylic acid groups (broad SMARTS) is 1. The van der Waals surface area contributed by atoms with Crippen molar-refractivity contribution in [2.75, 3.05) is 0 Å². The molecule has 296 valence electrons. The molecule has 11 unspecified atom stereocenters. The number of esters is 1.